The lowest BCUT2D eigenvalue weighted by molar-refractivity contribution is 0.103. The van der Waals surface area contributed by atoms with Crippen LogP contribution in [0.5, 0.6) is 0 Å². The molecule has 2 aromatic heterocycles. The molecule has 9 rings (SSSR count). The number of sulfone groups is 1. The molecule has 1 unspecified atom stereocenters. The van der Waals surface area contributed by atoms with Crippen LogP contribution in [0.2, 0.25) is 0 Å². The van der Waals surface area contributed by atoms with Crippen LogP contribution in [-0.4, -0.2) is 23.3 Å². The number of fused-ring (bicyclic) bond motifs is 8. The fourth-order valence-electron chi connectivity index (χ4n) is 7.38. The molecule has 2 aliphatic rings. The summed E-state index contributed by atoms with van der Waals surface area (Å²) < 4.78 is 33.1. The van der Waals surface area contributed by atoms with Gasteiger partial charge in [0, 0.05) is 44.6 Å². The van der Waals surface area contributed by atoms with E-state index in [4.69, 9.17) is 0 Å². The molecule has 3 heterocycles. The number of ketones is 1. The van der Waals surface area contributed by atoms with Crippen LogP contribution < -0.4 is 0 Å². The number of hydrogen-bond acceptors (Lipinski definition) is 3. The first-order valence-corrected chi connectivity index (χ1v) is 16.3. The highest BCUT2D eigenvalue weighted by molar-refractivity contribution is 7.91. The van der Waals surface area contributed by atoms with E-state index >= 15 is 0 Å². The van der Waals surface area contributed by atoms with Gasteiger partial charge in [-0.05, 0) is 55.0 Å². The molecule has 5 aromatic carbocycles. The van der Waals surface area contributed by atoms with Crippen molar-refractivity contribution >= 4 is 54.4 Å². The van der Waals surface area contributed by atoms with Crippen molar-refractivity contribution < 1.29 is 13.2 Å². The van der Waals surface area contributed by atoms with Crippen molar-refractivity contribution in [2.75, 3.05) is 0 Å². The van der Waals surface area contributed by atoms with Crippen LogP contribution in [0.15, 0.2) is 125 Å². The Morgan fingerprint density at radius 2 is 1.32 bits per heavy atom. The molecule has 0 bridgehead atoms. The van der Waals surface area contributed by atoms with E-state index in [-0.39, 0.29) is 32.6 Å². The smallest absolute Gasteiger partial charge is 0.208 e. The van der Waals surface area contributed by atoms with Gasteiger partial charge in [-0.1, -0.05) is 79.7 Å². The van der Waals surface area contributed by atoms with Gasteiger partial charge in [0.15, 0.2) is 5.78 Å². The molecule has 1 atom stereocenters. The summed E-state index contributed by atoms with van der Waals surface area (Å²) in [4.78, 5) is 14.5. The summed E-state index contributed by atoms with van der Waals surface area (Å²) in [6.07, 6.45) is 5.21. The SMILES string of the molecule is CC1CC=Cc2c1n(-c1cccc3c1C(=O)c1ccc(-n4c5ccccc5c5ccccc54)cc1S3(=O)=O)c1ccccc21. The number of hydrogen-bond donors (Lipinski definition) is 0. The molecule has 0 amide bonds. The van der Waals surface area contributed by atoms with E-state index in [9.17, 15) is 13.2 Å². The molecule has 0 radical (unpaired) electrons. The Morgan fingerprint density at radius 1 is 0.682 bits per heavy atom. The zero-order chi connectivity index (χ0) is 29.7. The van der Waals surface area contributed by atoms with E-state index in [0.717, 1.165) is 50.4 Å². The van der Waals surface area contributed by atoms with Crippen molar-refractivity contribution in [2.24, 2.45) is 0 Å². The van der Waals surface area contributed by atoms with Gasteiger partial charge in [0.25, 0.3) is 0 Å². The maximum atomic E-state index is 14.4. The van der Waals surface area contributed by atoms with Gasteiger partial charge in [0.05, 0.1) is 37.6 Å². The van der Waals surface area contributed by atoms with E-state index < -0.39 is 9.84 Å². The highest BCUT2D eigenvalue weighted by Crippen LogP contribution is 2.44. The fourth-order valence-corrected chi connectivity index (χ4v) is 9.07. The number of allylic oxidation sites excluding steroid dienone is 1. The number of carbonyl (C=O) groups is 1. The fraction of sp³-hybridized carbons (Fsp3) is 0.0789. The zero-order valence-electron chi connectivity index (χ0n) is 23.9. The quantitative estimate of drug-likeness (QED) is 0.203. The average Bonchev–Trinajstić information content (AvgIpc) is 3.57. The number of aromatic nitrogens is 2. The first-order chi connectivity index (χ1) is 21.4. The summed E-state index contributed by atoms with van der Waals surface area (Å²) in [6, 6.07) is 34.7. The van der Waals surface area contributed by atoms with Gasteiger partial charge in [0.2, 0.25) is 9.84 Å². The molecule has 0 saturated heterocycles. The summed E-state index contributed by atoms with van der Waals surface area (Å²) in [7, 11) is -4.02. The van der Waals surface area contributed by atoms with E-state index in [2.05, 4.69) is 46.4 Å². The van der Waals surface area contributed by atoms with Crippen LogP contribution in [0.1, 0.15) is 46.4 Å². The predicted molar refractivity (Wildman–Crippen MR) is 175 cm³/mol. The van der Waals surface area contributed by atoms with Crippen LogP contribution >= 0.6 is 0 Å². The normalized spacial score (nSPS) is 16.8. The second-order valence-electron chi connectivity index (χ2n) is 11.7. The molecule has 1 aliphatic heterocycles. The number of benzene rings is 5. The van der Waals surface area contributed by atoms with Gasteiger partial charge < -0.3 is 9.13 Å². The van der Waals surface area contributed by atoms with Crippen LogP contribution in [0, 0.1) is 0 Å². The third-order valence-electron chi connectivity index (χ3n) is 9.29. The van der Waals surface area contributed by atoms with Gasteiger partial charge in [0.1, 0.15) is 0 Å². The highest BCUT2D eigenvalue weighted by Gasteiger charge is 2.38. The maximum absolute atomic E-state index is 14.4. The predicted octanol–water partition coefficient (Wildman–Crippen LogP) is 8.63. The lowest BCUT2D eigenvalue weighted by Gasteiger charge is -2.25. The Bertz CT molecular complexity index is 2480. The Labute approximate surface area is 254 Å². The molecule has 0 fully saturated rings. The minimum absolute atomic E-state index is 0.0437. The monoisotopic (exact) mass is 590 g/mol. The van der Waals surface area contributed by atoms with Gasteiger partial charge in [-0.15, -0.1) is 0 Å². The topological polar surface area (TPSA) is 61.1 Å². The average molecular weight is 591 g/mol. The number of nitrogens with zero attached hydrogens (tertiary/aromatic N) is 2. The van der Waals surface area contributed by atoms with Crippen LogP contribution in [0.3, 0.4) is 0 Å². The molecule has 0 saturated carbocycles. The summed E-state index contributed by atoms with van der Waals surface area (Å²) in [5.74, 6) is -0.0747. The number of rotatable bonds is 2. The number of carbonyl (C=O) groups excluding carboxylic acids is 1. The molecule has 7 aromatic rings. The van der Waals surface area contributed by atoms with Crippen LogP contribution in [-0.2, 0) is 9.84 Å². The third kappa shape index (κ3) is 3.23. The van der Waals surface area contributed by atoms with Crippen LogP contribution in [0.25, 0.3) is 50.2 Å². The van der Waals surface area contributed by atoms with Crippen molar-refractivity contribution in [3.8, 4) is 11.4 Å². The first-order valence-electron chi connectivity index (χ1n) is 14.8. The Balaban J connectivity index is 1.29. The van der Waals surface area contributed by atoms with Gasteiger partial charge in [-0.2, -0.15) is 0 Å². The van der Waals surface area contributed by atoms with E-state index in [1.807, 2.05) is 66.7 Å². The maximum Gasteiger partial charge on any atom is 0.208 e. The molecule has 5 nitrogen and oxygen atoms in total. The Hall–Kier alpha value is -5.20. The summed E-state index contributed by atoms with van der Waals surface area (Å²) in [6.45, 7) is 2.18. The lowest BCUT2D eigenvalue weighted by atomic mass is 9.93. The highest BCUT2D eigenvalue weighted by atomic mass is 32.2. The van der Waals surface area contributed by atoms with Gasteiger partial charge in [-0.3, -0.25) is 4.79 Å². The molecule has 1 aliphatic carbocycles. The second kappa shape index (κ2) is 8.91. The molecule has 0 N–H and O–H groups in total. The summed E-state index contributed by atoms with van der Waals surface area (Å²) in [5.41, 5.74) is 6.87. The second-order valence-corrected chi connectivity index (χ2v) is 13.6. The molecule has 6 heteroatoms. The molecule has 0 spiro atoms. The Morgan fingerprint density at radius 3 is 2.02 bits per heavy atom. The molecule has 212 valence electrons. The lowest BCUT2D eigenvalue weighted by Crippen LogP contribution is -2.23. The van der Waals surface area contributed by atoms with Crippen molar-refractivity contribution in [2.45, 2.75) is 29.1 Å². The van der Waals surface area contributed by atoms with E-state index in [1.54, 1.807) is 24.3 Å². The minimum atomic E-state index is -4.02. The van der Waals surface area contributed by atoms with Gasteiger partial charge >= 0.3 is 0 Å². The van der Waals surface area contributed by atoms with Gasteiger partial charge in [-0.25, -0.2) is 8.42 Å². The Kier molecular flexibility index (Phi) is 5.13. The van der Waals surface area contributed by atoms with Crippen LogP contribution in [0.4, 0.5) is 0 Å². The van der Waals surface area contributed by atoms with Crippen molar-refractivity contribution in [3.63, 3.8) is 0 Å². The van der Waals surface area contributed by atoms with Crippen molar-refractivity contribution in [1.29, 1.82) is 0 Å². The number of para-hydroxylation sites is 3. The van der Waals surface area contributed by atoms with Crippen molar-refractivity contribution in [3.05, 3.63) is 138 Å². The summed E-state index contributed by atoms with van der Waals surface area (Å²) in [5, 5.41) is 3.26. The standard InChI is InChI=1S/C38H26N2O3S/c1-23-10-8-14-28-27-13-4-7-17-32(27)40(37(23)28)33-18-9-19-34-36(33)38(41)29-21-20-24(22-35(29)44(34,42)43)39-30-15-5-2-11-25(30)26-12-3-6-16-31(26)39/h2-9,11-23H,10H2,1H3. The van der Waals surface area contributed by atoms with E-state index in [0.29, 0.717) is 11.4 Å². The summed E-state index contributed by atoms with van der Waals surface area (Å²) >= 11 is 0. The zero-order valence-corrected chi connectivity index (χ0v) is 24.7. The third-order valence-corrected chi connectivity index (χ3v) is 11.1. The molecular formula is C38H26N2O3S. The minimum Gasteiger partial charge on any atom is -0.312 e. The first kappa shape index (κ1) is 25.3. The largest absolute Gasteiger partial charge is 0.312 e. The van der Waals surface area contributed by atoms with E-state index in [1.165, 1.54) is 0 Å². The molecular weight excluding hydrogens is 564 g/mol. The molecule has 44 heavy (non-hydrogen) atoms. The van der Waals surface area contributed by atoms with Crippen molar-refractivity contribution in [1.82, 2.24) is 9.13 Å².